The van der Waals surface area contributed by atoms with Gasteiger partial charge in [-0.3, -0.25) is 9.59 Å². The highest BCUT2D eigenvalue weighted by molar-refractivity contribution is 6.04. The molecule has 0 aromatic heterocycles. The summed E-state index contributed by atoms with van der Waals surface area (Å²) in [6, 6.07) is 5.86. The Morgan fingerprint density at radius 3 is 2.23 bits per heavy atom. The third kappa shape index (κ3) is 4.07. The van der Waals surface area contributed by atoms with Gasteiger partial charge in [0.2, 0.25) is 11.8 Å². The normalized spacial score (nSPS) is 15.7. The van der Waals surface area contributed by atoms with Gasteiger partial charge in [-0.15, -0.1) is 0 Å². The molecule has 1 fully saturated rings. The maximum atomic E-state index is 12.2. The molecule has 5 heteroatoms. The Morgan fingerprint density at radius 1 is 1.09 bits per heavy atom. The highest BCUT2D eigenvalue weighted by Gasteiger charge is 2.22. The molecular formula is C17H25N3O2. The lowest BCUT2D eigenvalue weighted by atomic mass is 10.1. The number of carbonyl (C=O) groups is 2. The molecule has 0 spiro atoms. The predicted molar refractivity (Wildman–Crippen MR) is 87.9 cm³/mol. The Morgan fingerprint density at radius 2 is 1.68 bits per heavy atom. The van der Waals surface area contributed by atoms with E-state index in [-0.39, 0.29) is 18.2 Å². The number of nitrogens with one attached hydrogen (secondary N) is 1. The minimum absolute atomic E-state index is 0.0834. The lowest BCUT2D eigenvalue weighted by Crippen LogP contribution is -2.49. The summed E-state index contributed by atoms with van der Waals surface area (Å²) in [6.45, 7) is 10.2. The van der Waals surface area contributed by atoms with E-state index in [1.165, 1.54) is 0 Å². The smallest absolute Gasteiger partial charge is 0.233 e. The van der Waals surface area contributed by atoms with Crippen molar-refractivity contribution in [1.82, 2.24) is 9.80 Å². The minimum Gasteiger partial charge on any atom is -0.340 e. The van der Waals surface area contributed by atoms with Crippen molar-refractivity contribution in [2.24, 2.45) is 0 Å². The van der Waals surface area contributed by atoms with Crippen LogP contribution in [0, 0.1) is 13.8 Å². The Hall–Kier alpha value is -1.88. The molecule has 1 heterocycles. The number of hydrogen-bond acceptors (Lipinski definition) is 3. The summed E-state index contributed by atoms with van der Waals surface area (Å²) in [5.74, 6) is -0.320. The standard InChI is InChI=1S/C17H25N3O2/c1-4-19-8-10-20(11-9-19)16(22)12-15(21)18-17-13(2)6-5-7-14(17)3/h5-7H,4,8-12H2,1-3H3,(H,18,21). The Bertz CT molecular complexity index is 529. The molecule has 1 aromatic carbocycles. The van der Waals surface area contributed by atoms with Gasteiger partial charge in [0, 0.05) is 31.9 Å². The van der Waals surface area contributed by atoms with Crippen LogP contribution in [0.15, 0.2) is 18.2 Å². The number of anilines is 1. The van der Waals surface area contributed by atoms with Crippen LogP contribution in [0.4, 0.5) is 5.69 Å². The van der Waals surface area contributed by atoms with Gasteiger partial charge in [-0.05, 0) is 31.5 Å². The van der Waals surface area contributed by atoms with Crippen molar-refractivity contribution in [3.05, 3.63) is 29.3 Å². The zero-order valence-electron chi connectivity index (χ0n) is 13.7. The summed E-state index contributed by atoms with van der Waals surface area (Å²) in [5.41, 5.74) is 2.84. The fourth-order valence-electron chi connectivity index (χ4n) is 2.76. The first-order valence-electron chi connectivity index (χ1n) is 7.87. The molecule has 5 nitrogen and oxygen atoms in total. The van der Waals surface area contributed by atoms with E-state index in [4.69, 9.17) is 0 Å². The predicted octanol–water partition coefficient (Wildman–Crippen LogP) is 1.80. The third-order valence-electron chi connectivity index (χ3n) is 4.23. The molecule has 0 unspecified atom stereocenters. The fraction of sp³-hybridized carbons (Fsp3) is 0.529. The van der Waals surface area contributed by atoms with Crippen molar-refractivity contribution < 1.29 is 9.59 Å². The van der Waals surface area contributed by atoms with E-state index in [1.807, 2.05) is 32.0 Å². The number of benzene rings is 1. The monoisotopic (exact) mass is 303 g/mol. The molecule has 0 aliphatic carbocycles. The highest BCUT2D eigenvalue weighted by atomic mass is 16.2. The molecule has 2 rings (SSSR count). The molecule has 0 atom stereocenters. The van der Waals surface area contributed by atoms with Crippen molar-refractivity contribution >= 4 is 17.5 Å². The molecular weight excluding hydrogens is 278 g/mol. The number of amides is 2. The zero-order valence-corrected chi connectivity index (χ0v) is 13.7. The average molecular weight is 303 g/mol. The summed E-state index contributed by atoms with van der Waals surface area (Å²) in [6.07, 6.45) is -0.0834. The van der Waals surface area contributed by atoms with Crippen LogP contribution in [-0.4, -0.2) is 54.3 Å². The number of hydrogen-bond donors (Lipinski definition) is 1. The van der Waals surface area contributed by atoms with Gasteiger partial charge >= 0.3 is 0 Å². The average Bonchev–Trinajstić information content (AvgIpc) is 2.51. The van der Waals surface area contributed by atoms with Gasteiger partial charge in [0.15, 0.2) is 0 Å². The number of para-hydroxylation sites is 1. The number of carbonyl (C=O) groups excluding carboxylic acids is 2. The van der Waals surface area contributed by atoms with E-state index >= 15 is 0 Å². The van der Waals surface area contributed by atoms with Crippen LogP contribution in [0.2, 0.25) is 0 Å². The lowest BCUT2D eigenvalue weighted by Gasteiger charge is -2.34. The van der Waals surface area contributed by atoms with E-state index in [0.29, 0.717) is 13.1 Å². The van der Waals surface area contributed by atoms with Gasteiger partial charge in [-0.2, -0.15) is 0 Å². The van der Waals surface area contributed by atoms with Gasteiger partial charge in [0.1, 0.15) is 6.42 Å². The topological polar surface area (TPSA) is 52.7 Å². The van der Waals surface area contributed by atoms with Crippen LogP contribution in [0.25, 0.3) is 0 Å². The number of rotatable bonds is 4. The van der Waals surface area contributed by atoms with Crippen molar-refractivity contribution in [2.45, 2.75) is 27.2 Å². The first-order chi connectivity index (χ1) is 10.5. The van der Waals surface area contributed by atoms with Crippen LogP contribution in [0.1, 0.15) is 24.5 Å². The van der Waals surface area contributed by atoms with Crippen molar-refractivity contribution in [2.75, 3.05) is 38.0 Å². The summed E-state index contributed by atoms with van der Waals surface area (Å²) in [5, 5.41) is 2.87. The van der Waals surface area contributed by atoms with Crippen molar-refractivity contribution in [3.8, 4) is 0 Å². The number of aryl methyl sites for hydroxylation is 2. The van der Waals surface area contributed by atoms with Gasteiger partial charge in [-0.25, -0.2) is 0 Å². The van der Waals surface area contributed by atoms with Crippen LogP contribution in [0.5, 0.6) is 0 Å². The molecule has 1 N–H and O–H groups in total. The van der Waals surface area contributed by atoms with E-state index in [1.54, 1.807) is 4.90 Å². The van der Waals surface area contributed by atoms with Gasteiger partial charge in [0.05, 0.1) is 0 Å². The number of piperazine rings is 1. The largest absolute Gasteiger partial charge is 0.340 e. The molecule has 0 saturated carbocycles. The molecule has 1 saturated heterocycles. The first-order valence-corrected chi connectivity index (χ1v) is 7.87. The summed E-state index contributed by atoms with van der Waals surface area (Å²) in [4.78, 5) is 28.4. The van der Waals surface area contributed by atoms with Crippen LogP contribution >= 0.6 is 0 Å². The van der Waals surface area contributed by atoms with Gasteiger partial charge < -0.3 is 15.1 Å². The summed E-state index contributed by atoms with van der Waals surface area (Å²) < 4.78 is 0. The molecule has 0 bridgehead atoms. The van der Waals surface area contributed by atoms with Crippen LogP contribution in [-0.2, 0) is 9.59 Å². The molecule has 2 amide bonds. The van der Waals surface area contributed by atoms with E-state index < -0.39 is 0 Å². The minimum atomic E-state index is -0.236. The molecule has 120 valence electrons. The zero-order chi connectivity index (χ0) is 16.1. The molecule has 0 radical (unpaired) electrons. The first kappa shape index (κ1) is 16.5. The van der Waals surface area contributed by atoms with E-state index in [0.717, 1.165) is 36.4 Å². The second kappa shape index (κ2) is 7.40. The maximum absolute atomic E-state index is 12.2. The van der Waals surface area contributed by atoms with E-state index in [2.05, 4.69) is 17.1 Å². The molecule has 1 aromatic rings. The van der Waals surface area contributed by atoms with Crippen LogP contribution < -0.4 is 5.32 Å². The SMILES string of the molecule is CCN1CCN(C(=O)CC(=O)Nc2c(C)cccc2C)CC1. The van der Waals surface area contributed by atoms with Gasteiger partial charge in [0.25, 0.3) is 0 Å². The second-order valence-electron chi connectivity index (χ2n) is 5.81. The highest BCUT2D eigenvalue weighted by Crippen LogP contribution is 2.19. The Balaban J connectivity index is 1.88. The van der Waals surface area contributed by atoms with Crippen molar-refractivity contribution in [3.63, 3.8) is 0 Å². The molecule has 22 heavy (non-hydrogen) atoms. The van der Waals surface area contributed by atoms with Crippen molar-refractivity contribution in [1.29, 1.82) is 0 Å². The Labute approximate surface area is 132 Å². The lowest BCUT2D eigenvalue weighted by molar-refractivity contribution is -0.136. The second-order valence-corrected chi connectivity index (χ2v) is 5.81. The molecule has 1 aliphatic heterocycles. The number of likely N-dealkylation sites (N-methyl/N-ethyl adjacent to an activating group) is 1. The number of nitrogens with zero attached hydrogens (tertiary/aromatic N) is 2. The quantitative estimate of drug-likeness (QED) is 0.863. The summed E-state index contributed by atoms with van der Waals surface area (Å²) in [7, 11) is 0. The Kier molecular flexibility index (Phi) is 5.55. The maximum Gasteiger partial charge on any atom is 0.233 e. The summed E-state index contributed by atoms with van der Waals surface area (Å²) >= 11 is 0. The van der Waals surface area contributed by atoms with Crippen LogP contribution in [0.3, 0.4) is 0 Å². The molecule has 1 aliphatic rings. The van der Waals surface area contributed by atoms with E-state index in [9.17, 15) is 9.59 Å². The van der Waals surface area contributed by atoms with Gasteiger partial charge in [-0.1, -0.05) is 25.1 Å². The third-order valence-corrected chi connectivity index (χ3v) is 4.23. The fourth-order valence-corrected chi connectivity index (χ4v) is 2.76.